The number of carbonyl (C=O) groups is 6. The number of hydrogen-bond donors (Lipinski definition) is 2. The van der Waals surface area contributed by atoms with Gasteiger partial charge in [0.2, 0.25) is 5.91 Å². The van der Waals surface area contributed by atoms with Gasteiger partial charge in [0.05, 0.1) is 13.0 Å². The molecule has 0 aliphatic carbocycles. The number of hydrogen-bond acceptors (Lipinski definition) is 9. The predicted octanol–water partition coefficient (Wildman–Crippen LogP) is -1.36. The van der Waals surface area contributed by atoms with E-state index in [1.54, 1.807) is 0 Å². The molecule has 0 saturated carbocycles. The van der Waals surface area contributed by atoms with E-state index in [-0.39, 0.29) is 18.6 Å². The molecular formula is C14H18N4O9STc. The van der Waals surface area contributed by atoms with Gasteiger partial charge in [0, 0.05) is 37.2 Å². The Morgan fingerprint density at radius 2 is 1.55 bits per heavy atom. The fourth-order valence-electron chi connectivity index (χ4n) is 1.37. The van der Waals surface area contributed by atoms with E-state index < -0.39 is 61.3 Å². The van der Waals surface area contributed by atoms with E-state index in [1.807, 2.05) is 0 Å². The first-order valence-corrected chi connectivity index (χ1v) is 9.00. The van der Waals surface area contributed by atoms with Gasteiger partial charge in [-0.15, -0.1) is 5.75 Å². The molecule has 4 amide bonds. The van der Waals surface area contributed by atoms with Crippen LogP contribution < -0.4 is 5.32 Å². The van der Waals surface area contributed by atoms with Crippen LogP contribution in [0.2, 0.25) is 0 Å². The zero-order valence-corrected chi connectivity index (χ0v) is 17.8. The van der Waals surface area contributed by atoms with Crippen molar-refractivity contribution in [3.05, 3.63) is 16.0 Å². The van der Waals surface area contributed by atoms with Crippen LogP contribution in [0.25, 0.3) is 16.0 Å². The molecule has 0 bridgehead atoms. The number of nitrogens with zero attached hydrogens (tertiary/aromatic N) is 3. The SMILES string of the molecule is CNC(=O)CCC(=O)OCC([N-]C(=O)C[N-]C(=O)C[N-]C(=O)C[S-])C(=O)O.[O]=[Tc+4]. The van der Waals surface area contributed by atoms with Crippen LogP contribution in [0.15, 0.2) is 0 Å². The van der Waals surface area contributed by atoms with Crippen LogP contribution in [0.5, 0.6) is 0 Å². The van der Waals surface area contributed by atoms with Crippen LogP contribution in [-0.2, 0) is 68.5 Å². The van der Waals surface area contributed by atoms with Gasteiger partial charge >= 0.3 is 28.3 Å². The molecule has 161 valence electrons. The van der Waals surface area contributed by atoms with Crippen molar-refractivity contribution in [2.24, 2.45) is 0 Å². The summed E-state index contributed by atoms with van der Waals surface area (Å²) in [4.78, 5) is 67.1. The first kappa shape index (κ1) is 28.8. The zero-order valence-electron chi connectivity index (χ0n) is 15.2. The van der Waals surface area contributed by atoms with Crippen molar-refractivity contribution in [2.45, 2.75) is 18.9 Å². The van der Waals surface area contributed by atoms with Crippen LogP contribution in [0.4, 0.5) is 0 Å². The van der Waals surface area contributed by atoms with Crippen LogP contribution in [0.3, 0.4) is 0 Å². The summed E-state index contributed by atoms with van der Waals surface area (Å²) in [6.07, 6.45) is -0.403. The summed E-state index contributed by atoms with van der Waals surface area (Å²) in [6, 6.07) is -1.68. The standard InChI is InChI=1S/C14H22N4O8S.O.Tc/c1-15-9(19)2-3-13(23)26-6-8(14(24)25)18-11(21)5-16-10(20)4-17-12(22)7-27;;/h8H,2-7H2,1H3,(H6,15,16,17,18,19,20,21,22,24,25,27);;/q;;+4/p-4. The Kier molecular flexibility index (Phi) is 17.6. The molecule has 0 aliphatic heterocycles. The van der Waals surface area contributed by atoms with E-state index in [1.165, 1.54) is 7.05 Å². The Morgan fingerprint density at radius 1 is 1.00 bits per heavy atom. The zero-order chi connectivity index (χ0) is 22.8. The molecule has 1 unspecified atom stereocenters. The van der Waals surface area contributed by atoms with Crippen LogP contribution in [0.1, 0.15) is 12.8 Å². The number of rotatable bonds is 12. The molecule has 0 saturated heterocycles. The topological polar surface area (TPSA) is 203 Å². The molecule has 0 rings (SSSR count). The van der Waals surface area contributed by atoms with Crippen molar-refractivity contribution in [3.63, 3.8) is 0 Å². The number of ether oxygens (including phenoxy) is 1. The molecule has 0 spiro atoms. The molecule has 0 fully saturated rings. The van der Waals surface area contributed by atoms with Crippen molar-refractivity contribution in [3.8, 4) is 0 Å². The molecule has 0 aromatic carbocycles. The van der Waals surface area contributed by atoms with Gasteiger partial charge in [0.15, 0.2) is 0 Å². The normalized spacial score (nSPS) is 10.3. The van der Waals surface area contributed by atoms with Gasteiger partial charge in [-0.2, -0.15) is 0 Å². The molecule has 0 aliphatic rings. The second kappa shape index (κ2) is 17.7. The monoisotopic (exact) mass is 515 g/mol. The Bertz CT molecular complexity index is 606. The number of amides is 4. The third-order valence-corrected chi connectivity index (χ3v) is 2.97. The van der Waals surface area contributed by atoms with Gasteiger partial charge in [-0.05, 0) is 0 Å². The first-order valence-electron chi connectivity index (χ1n) is 7.66. The van der Waals surface area contributed by atoms with Crippen molar-refractivity contribution in [1.82, 2.24) is 5.32 Å². The number of carbonyl (C=O) groups excluding carboxylic acids is 5. The van der Waals surface area contributed by atoms with E-state index in [0.717, 1.165) is 18.9 Å². The summed E-state index contributed by atoms with van der Waals surface area (Å²) in [6.45, 7) is -2.04. The van der Waals surface area contributed by atoms with Crippen LogP contribution in [0, 0.1) is 0 Å². The Morgan fingerprint density at radius 3 is 2.07 bits per heavy atom. The van der Waals surface area contributed by atoms with E-state index in [4.69, 9.17) is 8.61 Å². The summed E-state index contributed by atoms with van der Waals surface area (Å²) in [5.41, 5.74) is 0. The van der Waals surface area contributed by atoms with Crippen molar-refractivity contribution < 1.29 is 61.0 Å². The third-order valence-electron chi connectivity index (χ3n) is 2.73. The summed E-state index contributed by atoms with van der Waals surface area (Å²) in [5, 5.41) is 21.1. The molecular weight excluding hydrogens is 498 g/mol. The second-order valence-corrected chi connectivity index (χ2v) is 5.09. The van der Waals surface area contributed by atoms with E-state index in [2.05, 4.69) is 38.6 Å². The second-order valence-electron chi connectivity index (χ2n) is 4.80. The fraction of sp³-hybridized carbons (Fsp3) is 0.571. The maximum absolute atomic E-state index is 11.6. The first-order chi connectivity index (χ1) is 13.7. The van der Waals surface area contributed by atoms with E-state index >= 15 is 0 Å². The number of carboxylic acid groups (broad SMARTS) is 1. The maximum atomic E-state index is 11.6. The summed E-state index contributed by atoms with van der Waals surface area (Å²) in [7, 11) is 1.39. The Balaban J connectivity index is 0. The van der Waals surface area contributed by atoms with Crippen molar-refractivity contribution in [2.75, 3.05) is 32.5 Å². The van der Waals surface area contributed by atoms with Crippen molar-refractivity contribution in [1.29, 1.82) is 0 Å². The summed E-state index contributed by atoms with van der Waals surface area (Å²) < 4.78 is 12.9. The van der Waals surface area contributed by atoms with E-state index in [9.17, 15) is 28.8 Å². The molecule has 1 atom stereocenters. The minimum absolute atomic E-state index is 0.136. The molecule has 0 heterocycles. The molecule has 0 aromatic rings. The molecule has 13 nitrogen and oxygen atoms in total. The number of nitrogens with one attached hydrogen (secondary N) is 1. The molecule has 2 N–H and O–H groups in total. The average molecular weight is 516 g/mol. The molecule has 29 heavy (non-hydrogen) atoms. The van der Waals surface area contributed by atoms with Gasteiger partial charge in [0.1, 0.15) is 0 Å². The van der Waals surface area contributed by atoms with Gasteiger partial charge in [0.25, 0.3) is 5.97 Å². The Labute approximate surface area is 181 Å². The Hall–Kier alpha value is -2.38. The van der Waals surface area contributed by atoms with Gasteiger partial charge in [-0.3, -0.25) is 14.4 Å². The average Bonchev–Trinajstić information content (AvgIpc) is 2.72. The quantitative estimate of drug-likeness (QED) is 0.230. The van der Waals surface area contributed by atoms with Gasteiger partial charge in [-0.25, -0.2) is 0 Å². The number of carboxylic acids is 1. The van der Waals surface area contributed by atoms with Gasteiger partial charge in [-0.1, -0.05) is 13.1 Å². The van der Waals surface area contributed by atoms with Crippen LogP contribution in [-0.4, -0.2) is 79.2 Å². The third kappa shape index (κ3) is 16.3. The predicted molar refractivity (Wildman–Crippen MR) is 93.4 cm³/mol. The number of esters is 1. The van der Waals surface area contributed by atoms with Crippen LogP contribution >= 0.6 is 0 Å². The molecule has 15 heteroatoms. The fourth-order valence-corrected chi connectivity index (χ4v) is 1.46. The summed E-state index contributed by atoms with van der Waals surface area (Å²) >= 11 is 5.32. The minimum atomic E-state index is -1.68. The summed E-state index contributed by atoms with van der Waals surface area (Å²) in [5.74, 6) is -5.62. The molecule has 0 radical (unpaired) electrons. The van der Waals surface area contributed by atoms with Crippen molar-refractivity contribution >= 4 is 48.2 Å². The van der Waals surface area contributed by atoms with Gasteiger partial charge < -0.3 is 58.1 Å². The van der Waals surface area contributed by atoms with E-state index in [0.29, 0.717) is 0 Å². The molecule has 0 aromatic heterocycles. The number of aliphatic carboxylic acids is 1.